The highest BCUT2D eigenvalue weighted by atomic mass is 35.7. The normalized spacial score (nSPS) is 10.8. The van der Waals surface area contributed by atoms with Crippen LogP contribution in [0.4, 0.5) is 0 Å². The standard InChI is InChI=1S/C11H11N2.2ClHO4/c1-2-8-13(9-3-1)10-11-4-6-12-7-5-11;2*2-1(3,4)5/h1-9H,10H2;2*(H,2,3,4,5)/q+1;;/p-1. The van der Waals surface area contributed by atoms with Gasteiger partial charge in [-0.2, -0.15) is 0 Å². The van der Waals surface area contributed by atoms with Gasteiger partial charge in [-0.25, -0.2) is 46.8 Å². The van der Waals surface area contributed by atoms with E-state index in [1.807, 2.05) is 30.6 Å². The predicted molar refractivity (Wildman–Crippen MR) is 48.7 cm³/mol. The summed E-state index contributed by atoms with van der Waals surface area (Å²) in [6.45, 7) is 0.926. The molecule has 0 aliphatic carbocycles. The van der Waals surface area contributed by atoms with E-state index in [0.717, 1.165) is 6.54 Å². The fourth-order valence-corrected chi connectivity index (χ4v) is 1.28. The SMILES string of the molecule is [O-][Cl+3]([O-])([O-])[O-].[O-][Cl+3]([O-])([O-])[O-].c1cc[n+](Cc2cc[nH+]cc2)cc1. The van der Waals surface area contributed by atoms with Crippen LogP contribution in [0.5, 0.6) is 0 Å². The molecule has 0 bridgehead atoms. The summed E-state index contributed by atoms with van der Waals surface area (Å²) >= 11 is 0. The number of aromatic nitrogens is 2. The summed E-state index contributed by atoms with van der Waals surface area (Å²) < 4.78 is 70.1. The van der Waals surface area contributed by atoms with Crippen molar-refractivity contribution in [3.63, 3.8) is 0 Å². The third kappa shape index (κ3) is 20.6. The molecule has 0 radical (unpaired) electrons. The van der Waals surface area contributed by atoms with Crippen molar-refractivity contribution < 1.29 is 67.3 Å². The predicted octanol–water partition coefficient (Wildman–Crippen LogP) is -8.68. The second-order valence-electron chi connectivity index (χ2n) is 3.71. The van der Waals surface area contributed by atoms with E-state index in [1.54, 1.807) is 0 Å². The molecule has 2 aromatic rings. The van der Waals surface area contributed by atoms with Gasteiger partial charge < -0.3 is 0 Å². The van der Waals surface area contributed by atoms with Gasteiger partial charge in [0.05, 0.1) is 0 Å². The molecule has 2 heterocycles. The Hall–Kier alpha value is -1.44. The van der Waals surface area contributed by atoms with E-state index in [9.17, 15) is 0 Å². The van der Waals surface area contributed by atoms with Crippen molar-refractivity contribution in [2.45, 2.75) is 6.54 Å². The lowest BCUT2D eigenvalue weighted by atomic mass is 10.2. The summed E-state index contributed by atoms with van der Waals surface area (Å²) in [4.78, 5) is 3.01. The number of nitrogens with one attached hydrogen (secondary N) is 1. The van der Waals surface area contributed by atoms with Crippen molar-refractivity contribution in [1.82, 2.24) is 0 Å². The first-order chi connectivity index (χ1) is 10.4. The number of aromatic amines is 1. The van der Waals surface area contributed by atoms with Gasteiger partial charge in [0.2, 0.25) is 0 Å². The van der Waals surface area contributed by atoms with Crippen LogP contribution >= 0.6 is 0 Å². The van der Waals surface area contributed by atoms with Crippen molar-refractivity contribution in [1.29, 1.82) is 0 Å². The summed E-state index contributed by atoms with van der Waals surface area (Å²) in [7, 11) is -9.89. The van der Waals surface area contributed by atoms with E-state index in [4.69, 9.17) is 37.3 Å². The van der Waals surface area contributed by atoms with Crippen molar-refractivity contribution in [3.8, 4) is 0 Å². The van der Waals surface area contributed by atoms with E-state index in [1.165, 1.54) is 5.56 Å². The number of halogens is 2. The Kier molecular flexibility index (Phi) is 9.71. The number of rotatable bonds is 2. The molecule has 0 saturated heterocycles. The molecule has 0 fully saturated rings. The Bertz CT molecular complexity index is 472. The summed E-state index contributed by atoms with van der Waals surface area (Å²) in [5, 5.41) is 0. The molecule has 0 aliphatic rings. The van der Waals surface area contributed by atoms with Crippen molar-refractivity contribution >= 4 is 0 Å². The van der Waals surface area contributed by atoms with Crippen LogP contribution in [0.25, 0.3) is 0 Å². The maximum absolute atomic E-state index is 8.49. The highest BCUT2D eigenvalue weighted by molar-refractivity contribution is 5.04. The monoisotopic (exact) mass is 370 g/mol. The molecular formula is C11H12Cl2N2O8. The summed E-state index contributed by atoms with van der Waals surface area (Å²) in [6.07, 6.45) is 8.02. The maximum Gasteiger partial charge on any atom is 0.174 e. The Balaban J connectivity index is 0.000000406. The largest absolute Gasteiger partial charge is 0.222 e. The van der Waals surface area contributed by atoms with E-state index >= 15 is 0 Å². The first-order valence-electron chi connectivity index (χ1n) is 5.58. The zero-order chi connectivity index (χ0) is 17.9. The highest BCUT2D eigenvalue weighted by Crippen LogP contribution is 1.92. The minimum absolute atomic E-state index is 0.926. The molecule has 0 spiro atoms. The van der Waals surface area contributed by atoms with Gasteiger partial charge in [0.15, 0.2) is 31.3 Å². The molecular weight excluding hydrogens is 359 g/mol. The minimum Gasteiger partial charge on any atom is -0.222 e. The molecule has 0 saturated carbocycles. The first kappa shape index (κ1) is 21.6. The third-order valence-electron chi connectivity index (χ3n) is 1.93. The lowest BCUT2D eigenvalue weighted by Crippen LogP contribution is -2.68. The Morgan fingerprint density at radius 1 is 0.739 bits per heavy atom. The average Bonchev–Trinajstić information content (AvgIpc) is 2.37. The second-order valence-corrected chi connectivity index (χ2v) is 5.22. The topological polar surface area (TPSA) is 202 Å². The van der Waals surface area contributed by atoms with Crippen molar-refractivity contribution in [3.05, 3.63) is 60.7 Å². The Labute approximate surface area is 135 Å². The van der Waals surface area contributed by atoms with Gasteiger partial charge in [-0.1, -0.05) is 6.07 Å². The molecule has 2 rings (SSSR count). The van der Waals surface area contributed by atoms with Crippen LogP contribution in [0.2, 0.25) is 0 Å². The third-order valence-corrected chi connectivity index (χ3v) is 1.93. The van der Waals surface area contributed by atoms with Crippen LogP contribution in [0.15, 0.2) is 55.1 Å². The summed E-state index contributed by atoms with van der Waals surface area (Å²) in [6, 6.07) is 10.3. The number of nitrogens with zero attached hydrogens (tertiary/aromatic N) is 1. The molecule has 0 amide bonds. The van der Waals surface area contributed by atoms with Crippen molar-refractivity contribution in [2.75, 3.05) is 0 Å². The fraction of sp³-hybridized carbons (Fsp3) is 0.0909. The molecule has 12 heteroatoms. The van der Waals surface area contributed by atoms with E-state index in [2.05, 4.69) is 34.1 Å². The minimum atomic E-state index is -4.94. The van der Waals surface area contributed by atoms with Gasteiger partial charge in [-0.15, -0.1) is 20.5 Å². The Morgan fingerprint density at radius 3 is 1.52 bits per heavy atom. The molecule has 0 unspecified atom stereocenters. The molecule has 128 valence electrons. The van der Waals surface area contributed by atoms with Gasteiger partial charge in [0.1, 0.15) is 0 Å². The van der Waals surface area contributed by atoms with Crippen LogP contribution in [0.1, 0.15) is 5.56 Å². The van der Waals surface area contributed by atoms with Gasteiger partial charge in [0.25, 0.3) is 0 Å². The van der Waals surface area contributed by atoms with Crippen LogP contribution in [-0.4, -0.2) is 0 Å². The van der Waals surface area contributed by atoms with Gasteiger partial charge >= 0.3 is 0 Å². The lowest BCUT2D eigenvalue weighted by molar-refractivity contribution is -2.00. The first-order valence-corrected chi connectivity index (χ1v) is 8.04. The number of hydrogen-bond acceptors (Lipinski definition) is 8. The van der Waals surface area contributed by atoms with Crippen LogP contribution in [0, 0.1) is 20.5 Å². The van der Waals surface area contributed by atoms with Gasteiger partial charge in [-0.3, -0.25) is 0 Å². The molecule has 23 heavy (non-hydrogen) atoms. The van der Waals surface area contributed by atoms with Gasteiger partial charge in [-0.05, 0) is 0 Å². The van der Waals surface area contributed by atoms with Gasteiger partial charge in [0, 0.05) is 29.8 Å². The molecule has 10 nitrogen and oxygen atoms in total. The van der Waals surface area contributed by atoms with E-state index < -0.39 is 20.5 Å². The lowest BCUT2D eigenvalue weighted by Gasteiger charge is -2.17. The Morgan fingerprint density at radius 2 is 1.13 bits per heavy atom. The second kappa shape index (κ2) is 10.4. The summed E-state index contributed by atoms with van der Waals surface area (Å²) in [5.41, 5.74) is 1.30. The smallest absolute Gasteiger partial charge is 0.174 e. The molecule has 0 atom stereocenters. The number of hydrogen-bond donors (Lipinski definition) is 0. The molecule has 0 aromatic carbocycles. The van der Waals surface area contributed by atoms with Crippen molar-refractivity contribution in [2.24, 2.45) is 0 Å². The number of H-pyrrole nitrogens is 1. The zero-order valence-electron chi connectivity index (χ0n) is 11.4. The quantitative estimate of drug-likeness (QED) is 0.462. The maximum atomic E-state index is 8.49. The van der Waals surface area contributed by atoms with E-state index in [0.29, 0.717) is 0 Å². The molecule has 2 aromatic heterocycles. The molecule has 1 N–H and O–H groups in total. The number of pyridine rings is 2. The molecule has 0 aliphatic heterocycles. The zero-order valence-corrected chi connectivity index (χ0v) is 12.9. The van der Waals surface area contributed by atoms with Crippen LogP contribution < -0.4 is 46.8 Å². The average molecular weight is 371 g/mol. The van der Waals surface area contributed by atoms with E-state index in [-0.39, 0.29) is 0 Å². The summed E-state index contributed by atoms with van der Waals surface area (Å²) in [5.74, 6) is 0. The fourth-order valence-electron chi connectivity index (χ4n) is 1.28. The highest BCUT2D eigenvalue weighted by Gasteiger charge is 2.00. The van der Waals surface area contributed by atoms with Crippen LogP contribution in [0.3, 0.4) is 0 Å². The van der Waals surface area contributed by atoms with Crippen LogP contribution in [-0.2, 0) is 6.54 Å².